The van der Waals surface area contributed by atoms with Gasteiger partial charge in [0.15, 0.2) is 0 Å². The van der Waals surface area contributed by atoms with Gasteiger partial charge in [-0.15, -0.1) is 6.58 Å². The summed E-state index contributed by atoms with van der Waals surface area (Å²) in [5, 5.41) is 9.81. The van der Waals surface area contributed by atoms with E-state index in [9.17, 15) is 5.11 Å². The Morgan fingerprint density at radius 1 is 1.05 bits per heavy atom. The van der Waals surface area contributed by atoms with Crippen LogP contribution >= 0.6 is 0 Å². The zero-order chi connectivity index (χ0) is 16.3. The fourth-order valence-electron chi connectivity index (χ4n) is 1.57. The van der Waals surface area contributed by atoms with Gasteiger partial charge in [-0.1, -0.05) is 65.8 Å². The third-order valence-corrected chi connectivity index (χ3v) is 3.33. The minimum atomic E-state index is -0.818. The molecule has 0 aromatic carbocycles. The van der Waals surface area contributed by atoms with Crippen molar-refractivity contribution in [1.29, 1.82) is 0 Å². The van der Waals surface area contributed by atoms with E-state index in [4.69, 9.17) is 0 Å². The molecule has 1 unspecified atom stereocenters. The van der Waals surface area contributed by atoms with E-state index in [-0.39, 0.29) is 0 Å². The summed E-state index contributed by atoms with van der Waals surface area (Å²) in [6.07, 6.45) is 16.6. The Morgan fingerprint density at radius 3 is 2.29 bits per heavy atom. The number of aliphatic hydroxyl groups is 1. The van der Waals surface area contributed by atoms with E-state index < -0.39 is 5.60 Å². The van der Waals surface area contributed by atoms with Gasteiger partial charge < -0.3 is 5.11 Å². The molecule has 0 radical (unpaired) electrons. The third-order valence-electron chi connectivity index (χ3n) is 3.33. The molecule has 0 bridgehead atoms. The van der Waals surface area contributed by atoms with Crippen LogP contribution in [-0.2, 0) is 0 Å². The zero-order valence-corrected chi connectivity index (χ0v) is 14.0. The zero-order valence-electron chi connectivity index (χ0n) is 14.0. The molecule has 0 saturated carbocycles. The van der Waals surface area contributed by atoms with Crippen molar-refractivity contribution in [3.05, 3.63) is 72.4 Å². The fourth-order valence-corrected chi connectivity index (χ4v) is 1.57. The summed E-state index contributed by atoms with van der Waals surface area (Å²) >= 11 is 0. The van der Waals surface area contributed by atoms with Crippen LogP contribution < -0.4 is 0 Å². The van der Waals surface area contributed by atoms with Crippen molar-refractivity contribution in [1.82, 2.24) is 0 Å². The van der Waals surface area contributed by atoms with E-state index in [1.165, 1.54) is 16.7 Å². The van der Waals surface area contributed by atoms with Crippen LogP contribution in [0.4, 0.5) is 0 Å². The molecule has 0 rings (SSSR count). The van der Waals surface area contributed by atoms with Gasteiger partial charge in [0, 0.05) is 0 Å². The summed E-state index contributed by atoms with van der Waals surface area (Å²) < 4.78 is 0. The number of allylic oxidation sites excluding steroid dienone is 8. The monoisotopic (exact) mass is 286 g/mol. The number of hydrogen-bond acceptors (Lipinski definition) is 1. The van der Waals surface area contributed by atoms with Crippen LogP contribution in [-0.4, -0.2) is 10.7 Å². The molecule has 0 heterocycles. The minimum Gasteiger partial charge on any atom is -0.386 e. The SMILES string of the molecule is C=CC(C)=CCC=C(C)CC=C(C)C=CCC(C)(O)C=C. The van der Waals surface area contributed by atoms with Crippen LogP contribution in [0.3, 0.4) is 0 Å². The van der Waals surface area contributed by atoms with Crippen LogP contribution in [0.1, 0.15) is 47.0 Å². The average Bonchev–Trinajstić information content (AvgIpc) is 2.44. The normalized spacial score (nSPS) is 16.9. The summed E-state index contributed by atoms with van der Waals surface area (Å²) in [5.74, 6) is 0. The highest BCUT2D eigenvalue weighted by Crippen LogP contribution is 2.12. The maximum atomic E-state index is 9.81. The molecule has 0 spiro atoms. The van der Waals surface area contributed by atoms with Gasteiger partial charge in [-0.2, -0.15) is 0 Å². The smallest absolute Gasteiger partial charge is 0.0831 e. The summed E-state index contributed by atoms with van der Waals surface area (Å²) in [6.45, 7) is 15.4. The molecule has 0 saturated heterocycles. The second-order valence-corrected chi connectivity index (χ2v) is 5.76. The molecular weight excluding hydrogens is 256 g/mol. The minimum absolute atomic E-state index is 0.585. The van der Waals surface area contributed by atoms with Crippen LogP contribution in [0.5, 0.6) is 0 Å². The van der Waals surface area contributed by atoms with E-state index in [1.807, 2.05) is 18.2 Å². The Balaban J connectivity index is 4.34. The Labute approximate surface area is 130 Å². The van der Waals surface area contributed by atoms with Gasteiger partial charge in [-0.3, -0.25) is 0 Å². The Morgan fingerprint density at radius 2 is 1.71 bits per heavy atom. The molecule has 1 heteroatoms. The molecule has 1 N–H and O–H groups in total. The average molecular weight is 286 g/mol. The molecule has 0 aliphatic rings. The largest absolute Gasteiger partial charge is 0.386 e. The first-order valence-corrected chi connectivity index (χ1v) is 7.45. The molecule has 0 aromatic heterocycles. The molecule has 0 aromatic rings. The molecule has 0 aliphatic heterocycles. The first-order chi connectivity index (χ1) is 9.80. The standard InChI is InChI=1S/C20H30O/c1-7-17(3)11-9-12-18(4)14-15-19(5)13-10-16-20(6,21)8-2/h7-8,10-13,15,21H,1-2,9,14,16H2,3-6H3. The van der Waals surface area contributed by atoms with Crippen molar-refractivity contribution in [3.63, 3.8) is 0 Å². The highest BCUT2D eigenvalue weighted by atomic mass is 16.3. The van der Waals surface area contributed by atoms with Gasteiger partial charge >= 0.3 is 0 Å². The Hall–Kier alpha value is -1.60. The Bertz CT molecular complexity index is 456. The maximum absolute atomic E-state index is 9.81. The van der Waals surface area contributed by atoms with E-state index in [0.717, 1.165) is 12.8 Å². The summed E-state index contributed by atoms with van der Waals surface area (Å²) in [6, 6.07) is 0. The summed E-state index contributed by atoms with van der Waals surface area (Å²) in [4.78, 5) is 0. The maximum Gasteiger partial charge on any atom is 0.0831 e. The molecule has 0 amide bonds. The predicted molar refractivity (Wildman–Crippen MR) is 95.3 cm³/mol. The van der Waals surface area contributed by atoms with Gasteiger partial charge in [0.1, 0.15) is 0 Å². The lowest BCUT2D eigenvalue weighted by atomic mass is 10.0. The predicted octanol–water partition coefficient (Wildman–Crippen LogP) is 5.67. The van der Waals surface area contributed by atoms with Crippen LogP contribution in [0.15, 0.2) is 72.4 Å². The van der Waals surface area contributed by atoms with Crippen molar-refractivity contribution >= 4 is 0 Å². The summed E-state index contributed by atoms with van der Waals surface area (Å²) in [5.41, 5.74) is 2.96. The lowest BCUT2D eigenvalue weighted by Gasteiger charge is -2.15. The third kappa shape index (κ3) is 10.8. The van der Waals surface area contributed by atoms with Crippen LogP contribution in [0, 0.1) is 0 Å². The topological polar surface area (TPSA) is 20.2 Å². The van der Waals surface area contributed by atoms with Gasteiger partial charge in [0.05, 0.1) is 5.60 Å². The second-order valence-electron chi connectivity index (χ2n) is 5.76. The summed E-state index contributed by atoms with van der Waals surface area (Å²) in [7, 11) is 0. The number of rotatable bonds is 9. The van der Waals surface area contributed by atoms with E-state index in [2.05, 4.69) is 52.2 Å². The molecule has 1 nitrogen and oxygen atoms in total. The molecular formula is C20H30O. The van der Waals surface area contributed by atoms with Gasteiger partial charge in [0.2, 0.25) is 0 Å². The van der Waals surface area contributed by atoms with E-state index in [0.29, 0.717) is 6.42 Å². The van der Waals surface area contributed by atoms with Crippen molar-refractivity contribution in [2.75, 3.05) is 0 Å². The molecule has 0 fully saturated rings. The lowest BCUT2D eigenvalue weighted by molar-refractivity contribution is 0.115. The molecule has 116 valence electrons. The van der Waals surface area contributed by atoms with Crippen molar-refractivity contribution in [2.45, 2.75) is 52.6 Å². The molecule has 1 atom stereocenters. The highest BCUT2D eigenvalue weighted by molar-refractivity contribution is 5.21. The van der Waals surface area contributed by atoms with Gasteiger partial charge in [-0.05, 0) is 47.0 Å². The lowest BCUT2D eigenvalue weighted by Crippen LogP contribution is -2.18. The van der Waals surface area contributed by atoms with Crippen molar-refractivity contribution in [3.8, 4) is 0 Å². The molecule has 21 heavy (non-hydrogen) atoms. The van der Waals surface area contributed by atoms with Crippen molar-refractivity contribution in [2.24, 2.45) is 0 Å². The second kappa shape index (κ2) is 10.2. The van der Waals surface area contributed by atoms with E-state index in [1.54, 1.807) is 13.0 Å². The van der Waals surface area contributed by atoms with Gasteiger partial charge in [0.25, 0.3) is 0 Å². The van der Waals surface area contributed by atoms with Gasteiger partial charge in [-0.25, -0.2) is 0 Å². The van der Waals surface area contributed by atoms with E-state index >= 15 is 0 Å². The quantitative estimate of drug-likeness (QED) is 0.427. The van der Waals surface area contributed by atoms with Crippen LogP contribution in [0.25, 0.3) is 0 Å². The first kappa shape index (κ1) is 19.4. The fraction of sp³-hybridized carbons (Fsp3) is 0.400. The van der Waals surface area contributed by atoms with Crippen LogP contribution in [0.2, 0.25) is 0 Å². The first-order valence-electron chi connectivity index (χ1n) is 7.45. The Kier molecular flexibility index (Phi) is 9.40. The molecule has 0 aliphatic carbocycles. The highest BCUT2D eigenvalue weighted by Gasteiger charge is 2.11. The van der Waals surface area contributed by atoms with Crippen molar-refractivity contribution < 1.29 is 5.11 Å². The number of hydrogen-bond donors (Lipinski definition) is 1.